The molecule has 0 bridgehead atoms. The van der Waals surface area contributed by atoms with E-state index in [1.54, 1.807) is 0 Å². The second kappa shape index (κ2) is 5.41. The zero-order valence-electron chi connectivity index (χ0n) is 10.3. The smallest absolute Gasteiger partial charge is 0.266 e. The molecule has 0 fully saturated rings. The van der Waals surface area contributed by atoms with Crippen LogP contribution in [0.3, 0.4) is 0 Å². The second-order valence-corrected chi connectivity index (χ2v) is 5.53. The van der Waals surface area contributed by atoms with Crippen molar-refractivity contribution in [3.8, 4) is 0 Å². The van der Waals surface area contributed by atoms with Crippen LogP contribution in [-0.2, 0) is 15.8 Å². The number of carbonyl (C=O) groups excluding carboxylic acids is 2. The minimum atomic E-state index is -4.66. The number of halogens is 5. The number of hydrogen-bond donors (Lipinski definition) is 0. The van der Waals surface area contributed by atoms with E-state index in [0.29, 0.717) is 5.01 Å². The van der Waals surface area contributed by atoms with Gasteiger partial charge < -0.3 is 0 Å². The maximum Gasteiger partial charge on any atom is 0.420 e. The van der Waals surface area contributed by atoms with Gasteiger partial charge in [0.2, 0.25) is 0 Å². The van der Waals surface area contributed by atoms with Crippen molar-refractivity contribution < 1.29 is 22.8 Å². The molecule has 21 heavy (non-hydrogen) atoms. The van der Waals surface area contributed by atoms with E-state index in [-0.39, 0.29) is 8.96 Å². The lowest BCUT2D eigenvalue weighted by atomic mass is 10.2. The summed E-state index contributed by atoms with van der Waals surface area (Å²) in [5, 5.41) is 1.33. The summed E-state index contributed by atoms with van der Waals surface area (Å²) in [6, 6.07) is 1.94. The van der Waals surface area contributed by atoms with E-state index in [2.05, 4.69) is 36.8 Å². The molecule has 1 aliphatic rings. The predicted molar refractivity (Wildman–Crippen MR) is 74.4 cm³/mol. The fourth-order valence-electron chi connectivity index (χ4n) is 1.71. The summed E-state index contributed by atoms with van der Waals surface area (Å²) in [5.41, 5.74) is -1.05. The first-order chi connectivity index (χ1) is 9.66. The molecule has 2 amide bonds. The maximum absolute atomic E-state index is 13.0. The highest BCUT2D eigenvalue weighted by Gasteiger charge is 2.42. The van der Waals surface area contributed by atoms with Crippen LogP contribution in [-0.4, -0.2) is 28.9 Å². The molecule has 1 aromatic rings. The first-order valence-corrected chi connectivity index (χ1v) is 6.94. The number of aromatic nitrogens is 1. The van der Waals surface area contributed by atoms with Crippen LogP contribution in [0.4, 0.5) is 19.0 Å². The van der Waals surface area contributed by atoms with Crippen LogP contribution in [0.1, 0.15) is 5.56 Å². The van der Waals surface area contributed by atoms with Crippen LogP contribution in [0.25, 0.3) is 0 Å². The number of imide groups is 1. The summed E-state index contributed by atoms with van der Waals surface area (Å²) >= 11 is 5.80. The van der Waals surface area contributed by atoms with E-state index in [4.69, 9.17) is 0 Å². The molecule has 112 valence electrons. The zero-order chi connectivity index (χ0) is 15.9. The van der Waals surface area contributed by atoms with Gasteiger partial charge in [0.05, 0.1) is 5.56 Å². The van der Waals surface area contributed by atoms with Gasteiger partial charge in [0.15, 0.2) is 5.82 Å². The van der Waals surface area contributed by atoms with Gasteiger partial charge >= 0.3 is 6.18 Å². The Hall–Kier alpha value is -1.42. The third-order valence-corrected chi connectivity index (χ3v) is 4.66. The summed E-state index contributed by atoms with van der Waals surface area (Å²) in [7, 11) is 1.15. The molecule has 0 aromatic carbocycles. The molecule has 2 rings (SSSR count). The number of pyridine rings is 1. The number of hydrazine groups is 1. The molecule has 2 heterocycles. The zero-order valence-corrected chi connectivity index (χ0v) is 13.5. The van der Waals surface area contributed by atoms with Crippen LogP contribution < -0.4 is 5.01 Å². The van der Waals surface area contributed by atoms with Crippen molar-refractivity contribution in [1.29, 1.82) is 0 Å². The molecule has 0 saturated carbocycles. The van der Waals surface area contributed by atoms with Crippen molar-refractivity contribution in [2.45, 2.75) is 6.18 Å². The van der Waals surface area contributed by atoms with E-state index in [0.717, 1.165) is 30.4 Å². The first-order valence-electron chi connectivity index (χ1n) is 5.36. The van der Waals surface area contributed by atoms with E-state index in [9.17, 15) is 22.8 Å². The van der Waals surface area contributed by atoms with Crippen LogP contribution >= 0.6 is 31.9 Å². The largest absolute Gasteiger partial charge is 0.420 e. The standard InChI is InChI=1S/C11H6Br2F3N3O2/c1-18(19-9(20)6(12)7(13)10(19)21)8-5(11(14,15)16)3-2-4-17-8/h2-4H,1H3. The number of anilines is 1. The number of amides is 2. The van der Waals surface area contributed by atoms with Crippen molar-refractivity contribution in [2.75, 3.05) is 12.1 Å². The maximum atomic E-state index is 13.0. The van der Waals surface area contributed by atoms with Crippen LogP contribution in [0.2, 0.25) is 0 Å². The Morgan fingerprint density at radius 2 is 1.71 bits per heavy atom. The fraction of sp³-hybridized carbons (Fsp3) is 0.182. The van der Waals surface area contributed by atoms with Crippen molar-refractivity contribution in [1.82, 2.24) is 9.99 Å². The minimum absolute atomic E-state index is 0.0659. The second-order valence-electron chi connectivity index (χ2n) is 3.95. The lowest BCUT2D eigenvalue weighted by Crippen LogP contribution is -2.46. The molecular weight excluding hydrogens is 423 g/mol. The average Bonchev–Trinajstić information content (AvgIpc) is 2.61. The number of rotatable bonds is 2. The van der Waals surface area contributed by atoms with Crippen LogP contribution in [0.15, 0.2) is 27.3 Å². The molecular formula is C11H6Br2F3N3O2. The Labute approximate surface area is 133 Å². The van der Waals surface area contributed by atoms with Crippen LogP contribution in [0.5, 0.6) is 0 Å². The minimum Gasteiger partial charge on any atom is -0.266 e. The van der Waals surface area contributed by atoms with E-state index < -0.39 is 29.4 Å². The molecule has 0 radical (unpaired) electrons. The topological polar surface area (TPSA) is 53.5 Å². The highest BCUT2D eigenvalue weighted by Crippen LogP contribution is 2.37. The normalized spacial score (nSPS) is 16.0. The van der Waals surface area contributed by atoms with Crippen molar-refractivity contribution in [2.24, 2.45) is 0 Å². The number of alkyl halides is 3. The summed E-state index contributed by atoms with van der Waals surface area (Å²) in [6.45, 7) is 0. The van der Waals surface area contributed by atoms with Crippen molar-refractivity contribution in [3.63, 3.8) is 0 Å². The number of carbonyl (C=O) groups is 2. The monoisotopic (exact) mass is 427 g/mol. The van der Waals surface area contributed by atoms with E-state index in [1.165, 1.54) is 0 Å². The molecule has 5 nitrogen and oxygen atoms in total. The van der Waals surface area contributed by atoms with Gasteiger partial charge in [-0.1, -0.05) is 0 Å². The Morgan fingerprint density at radius 3 is 2.19 bits per heavy atom. The molecule has 10 heteroatoms. The van der Waals surface area contributed by atoms with Gasteiger partial charge in [-0.25, -0.2) is 4.98 Å². The summed E-state index contributed by atoms with van der Waals surface area (Å²) in [6.07, 6.45) is -3.52. The van der Waals surface area contributed by atoms with Gasteiger partial charge in [0, 0.05) is 13.2 Å². The van der Waals surface area contributed by atoms with Crippen molar-refractivity contribution in [3.05, 3.63) is 32.9 Å². The lowest BCUT2D eigenvalue weighted by Gasteiger charge is -2.28. The van der Waals surface area contributed by atoms with E-state index in [1.807, 2.05) is 0 Å². The van der Waals surface area contributed by atoms with Gasteiger partial charge in [-0.2, -0.15) is 18.2 Å². The van der Waals surface area contributed by atoms with Gasteiger partial charge in [-0.05, 0) is 44.0 Å². The third kappa shape index (κ3) is 2.69. The SMILES string of the molecule is CN(c1ncccc1C(F)(F)F)N1C(=O)C(Br)=C(Br)C1=O. The Kier molecular flexibility index (Phi) is 4.11. The van der Waals surface area contributed by atoms with Crippen LogP contribution in [0, 0.1) is 0 Å². The summed E-state index contributed by atoms with van der Waals surface area (Å²) in [4.78, 5) is 27.5. The quantitative estimate of drug-likeness (QED) is 0.680. The Bertz CT molecular complexity index is 636. The predicted octanol–water partition coefficient (Wildman–Crippen LogP) is 2.82. The van der Waals surface area contributed by atoms with E-state index >= 15 is 0 Å². The number of hydrogen-bond acceptors (Lipinski definition) is 4. The summed E-state index contributed by atoms with van der Waals surface area (Å²) < 4.78 is 38.7. The lowest BCUT2D eigenvalue weighted by molar-refractivity contribution is -0.141. The molecule has 0 N–H and O–H groups in total. The highest BCUT2D eigenvalue weighted by atomic mass is 79.9. The third-order valence-electron chi connectivity index (χ3n) is 2.65. The molecule has 0 spiro atoms. The molecule has 0 unspecified atom stereocenters. The van der Waals surface area contributed by atoms with Gasteiger partial charge in [-0.15, -0.1) is 0 Å². The molecule has 0 atom stereocenters. The first kappa shape index (κ1) is 16.0. The van der Waals surface area contributed by atoms with Gasteiger partial charge in [0.25, 0.3) is 11.8 Å². The molecule has 1 aromatic heterocycles. The Morgan fingerprint density at radius 1 is 1.19 bits per heavy atom. The molecule has 1 aliphatic heterocycles. The van der Waals surface area contributed by atoms with Gasteiger partial charge in [0.1, 0.15) is 8.96 Å². The molecule has 0 saturated heterocycles. The van der Waals surface area contributed by atoms with Gasteiger partial charge in [-0.3, -0.25) is 14.6 Å². The highest BCUT2D eigenvalue weighted by molar-refractivity contribution is 9.14. The Balaban J connectivity index is 2.46. The summed E-state index contributed by atoms with van der Waals surface area (Å²) in [5.74, 6) is -2.12. The fourth-order valence-corrected chi connectivity index (χ4v) is 2.38. The molecule has 0 aliphatic carbocycles. The van der Waals surface area contributed by atoms with Crippen molar-refractivity contribution >= 4 is 49.5 Å². The average molecular weight is 429 g/mol. The number of nitrogens with zero attached hydrogens (tertiary/aromatic N) is 3.